The van der Waals surface area contributed by atoms with Crippen molar-refractivity contribution in [3.8, 4) is 0 Å². The van der Waals surface area contributed by atoms with E-state index in [2.05, 4.69) is 0 Å². The van der Waals surface area contributed by atoms with Crippen molar-refractivity contribution in [2.45, 2.75) is 20.8 Å². The van der Waals surface area contributed by atoms with E-state index < -0.39 is 16.3 Å². The summed E-state index contributed by atoms with van der Waals surface area (Å²) in [7, 11) is 0. The highest BCUT2D eigenvalue weighted by Gasteiger charge is 2.21. The minimum Gasteiger partial charge on any atom is -0.455 e. The highest BCUT2D eigenvalue weighted by atomic mass is 16.6. The molecule has 0 aliphatic carbocycles. The molecule has 0 aromatic heterocycles. The molecule has 0 heterocycles. The maximum Gasteiger partial charge on any atom is 0.331 e. The van der Waals surface area contributed by atoms with E-state index in [9.17, 15) is 19.7 Å². The average molecular weight is 291 g/mol. The third kappa shape index (κ3) is 5.56. The molecule has 0 saturated heterocycles. The van der Waals surface area contributed by atoms with E-state index in [0.717, 1.165) is 0 Å². The van der Waals surface area contributed by atoms with Crippen LogP contribution in [0.2, 0.25) is 0 Å². The number of hydrogen-bond donors (Lipinski definition) is 0. The molecule has 0 radical (unpaired) electrons. The summed E-state index contributed by atoms with van der Waals surface area (Å²) in [6.07, 6.45) is 2.64. The Kier molecular flexibility index (Phi) is 5.35. The Morgan fingerprint density at radius 3 is 2.29 bits per heavy atom. The van der Waals surface area contributed by atoms with Gasteiger partial charge in [0.25, 0.3) is 5.69 Å². The van der Waals surface area contributed by atoms with Gasteiger partial charge in [-0.05, 0) is 23.8 Å². The first-order valence-corrected chi connectivity index (χ1v) is 6.33. The van der Waals surface area contributed by atoms with Crippen LogP contribution in [0.3, 0.4) is 0 Å². The number of ether oxygens (including phenoxy) is 1. The predicted molar refractivity (Wildman–Crippen MR) is 77.6 cm³/mol. The quantitative estimate of drug-likeness (QED) is 0.360. The fraction of sp³-hybridized carbons (Fsp3) is 0.333. The number of Topliss-reactive ketones (excluding diaryl/α,β-unsaturated/α-hetero) is 1. The zero-order valence-electron chi connectivity index (χ0n) is 12.2. The van der Waals surface area contributed by atoms with E-state index in [1.807, 2.05) is 0 Å². The molecule has 0 N–H and O–H groups in total. The van der Waals surface area contributed by atoms with Crippen LogP contribution in [0.5, 0.6) is 0 Å². The average Bonchev–Trinajstić information content (AvgIpc) is 2.41. The molecule has 0 amide bonds. The van der Waals surface area contributed by atoms with Crippen LogP contribution < -0.4 is 0 Å². The summed E-state index contributed by atoms with van der Waals surface area (Å²) in [6, 6.07) is 5.71. The number of nitro benzene ring substituents is 1. The fourth-order valence-corrected chi connectivity index (χ4v) is 1.27. The van der Waals surface area contributed by atoms with Gasteiger partial charge in [0.05, 0.1) is 4.92 Å². The number of nitro groups is 1. The molecule has 112 valence electrons. The molecule has 0 fully saturated rings. The second-order valence-corrected chi connectivity index (χ2v) is 5.46. The van der Waals surface area contributed by atoms with Gasteiger partial charge in [0, 0.05) is 23.6 Å². The van der Waals surface area contributed by atoms with Gasteiger partial charge in [0.1, 0.15) is 0 Å². The number of rotatable bonds is 5. The molecule has 0 saturated carbocycles. The van der Waals surface area contributed by atoms with Crippen molar-refractivity contribution in [1.82, 2.24) is 0 Å². The van der Waals surface area contributed by atoms with Crippen molar-refractivity contribution in [2.75, 3.05) is 6.61 Å². The predicted octanol–water partition coefficient (Wildman–Crippen LogP) is 2.77. The lowest BCUT2D eigenvalue weighted by molar-refractivity contribution is -0.384. The summed E-state index contributed by atoms with van der Waals surface area (Å²) in [6.45, 7) is 4.97. The molecule has 0 aliphatic heterocycles. The number of nitrogens with zero attached hydrogens (tertiary/aromatic N) is 1. The van der Waals surface area contributed by atoms with Crippen molar-refractivity contribution in [2.24, 2.45) is 5.41 Å². The number of ketones is 1. The van der Waals surface area contributed by atoms with Crippen LogP contribution >= 0.6 is 0 Å². The van der Waals surface area contributed by atoms with Crippen LogP contribution in [0.15, 0.2) is 30.3 Å². The number of esters is 1. The van der Waals surface area contributed by atoms with Crippen molar-refractivity contribution < 1.29 is 19.2 Å². The van der Waals surface area contributed by atoms with Crippen molar-refractivity contribution in [1.29, 1.82) is 0 Å². The minimum absolute atomic E-state index is 0.0227. The third-order valence-electron chi connectivity index (χ3n) is 2.70. The highest BCUT2D eigenvalue weighted by molar-refractivity contribution is 5.91. The lowest BCUT2D eigenvalue weighted by Crippen LogP contribution is -2.25. The summed E-state index contributed by atoms with van der Waals surface area (Å²) in [5.41, 5.74) is 0.0488. The van der Waals surface area contributed by atoms with Crippen LogP contribution in [0.4, 0.5) is 5.69 Å². The summed E-state index contributed by atoms with van der Waals surface area (Å²) in [5, 5.41) is 10.5. The third-order valence-corrected chi connectivity index (χ3v) is 2.70. The molecule has 21 heavy (non-hydrogen) atoms. The molecule has 0 unspecified atom stereocenters. The van der Waals surface area contributed by atoms with Gasteiger partial charge in [-0.3, -0.25) is 14.9 Å². The molecule has 0 aliphatic rings. The van der Waals surface area contributed by atoms with E-state index in [1.165, 1.54) is 36.4 Å². The lowest BCUT2D eigenvalue weighted by atomic mass is 9.91. The first-order valence-electron chi connectivity index (χ1n) is 6.33. The Hall–Kier alpha value is -2.50. The molecule has 0 bridgehead atoms. The zero-order chi connectivity index (χ0) is 16.0. The van der Waals surface area contributed by atoms with E-state index in [0.29, 0.717) is 5.56 Å². The van der Waals surface area contributed by atoms with E-state index >= 15 is 0 Å². The van der Waals surface area contributed by atoms with Gasteiger partial charge in [0.2, 0.25) is 0 Å². The molecule has 6 heteroatoms. The normalized spacial score (nSPS) is 11.4. The minimum atomic E-state index is -0.633. The Bertz CT molecular complexity index is 567. The number of benzene rings is 1. The molecule has 0 spiro atoms. The largest absolute Gasteiger partial charge is 0.455 e. The van der Waals surface area contributed by atoms with Gasteiger partial charge in [-0.25, -0.2) is 4.79 Å². The highest BCUT2D eigenvalue weighted by Crippen LogP contribution is 2.15. The number of hydrogen-bond acceptors (Lipinski definition) is 5. The van der Waals surface area contributed by atoms with E-state index in [-0.39, 0.29) is 18.1 Å². The summed E-state index contributed by atoms with van der Waals surface area (Å²) in [5.74, 6) is -0.800. The number of non-ortho nitro benzene ring substituents is 1. The van der Waals surface area contributed by atoms with E-state index in [1.54, 1.807) is 20.8 Å². The van der Waals surface area contributed by atoms with E-state index in [4.69, 9.17) is 4.74 Å². The van der Waals surface area contributed by atoms with Crippen LogP contribution in [0, 0.1) is 15.5 Å². The lowest BCUT2D eigenvalue weighted by Gasteiger charge is -2.15. The maximum absolute atomic E-state index is 11.6. The van der Waals surface area contributed by atoms with Gasteiger partial charge in [-0.15, -0.1) is 0 Å². The first kappa shape index (κ1) is 16.6. The van der Waals surface area contributed by atoms with Crippen LogP contribution in [-0.4, -0.2) is 23.3 Å². The molecule has 6 nitrogen and oxygen atoms in total. The number of carbonyl (C=O) groups is 2. The smallest absolute Gasteiger partial charge is 0.331 e. The van der Waals surface area contributed by atoms with Crippen molar-refractivity contribution in [3.63, 3.8) is 0 Å². The summed E-state index contributed by atoms with van der Waals surface area (Å²) in [4.78, 5) is 33.0. The zero-order valence-corrected chi connectivity index (χ0v) is 12.2. The SMILES string of the molecule is CC(C)(C)C(=O)COC(=O)C=Cc1ccc([N+](=O)[O-])cc1. The van der Waals surface area contributed by atoms with Crippen LogP contribution in [-0.2, 0) is 14.3 Å². The van der Waals surface area contributed by atoms with Gasteiger partial charge in [-0.2, -0.15) is 0 Å². The first-order chi connectivity index (χ1) is 9.70. The van der Waals surface area contributed by atoms with Crippen molar-refractivity contribution in [3.05, 3.63) is 46.0 Å². The second kappa shape index (κ2) is 6.78. The molecule has 1 rings (SSSR count). The molecule has 1 aromatic carbocycles. The Balaban J connectivity index is 2.54. The van der Waals surface area contributed by atoms with Gasteiger partial charge >= 0.3 is 5.97 Å². The maximum atomic E-state index is 11.6. The molecule has 0 atom stereocenters. The van der Waals surface area contributed by atoms with Crippen molar-refractivity contribution >= 4 is 23.5 Å². The number of carbonyl (C=O) groups excluding carboxylic acids is 2. The summed E-state index contributed by atoms with van der Waals surface area (Å²) < 4.78 is 4.83. The van der Waals surface area contributed by atoms with Gasteiger partial charge in [-0.1, -0.05) is 20.8 Å². The Labute approximate surface area is 122 Å². The second-order valence-electron chi connectivity index (χ2n) is 5.46. The molecule has 1 aromatic rings. The van der Waals surface area contributed by atoms with Crippen LogP contribution in [0.25, 0.3) is 6.08 Å². The molecular weight excluding hydrogens is 274 g/mol. The van der Waals surface area contributed by atoms with Crippen LogP contribution in [0.1, 0.15) is 26.3 Å². The Morgan fingerprint density at radius 2 is 1.81 bits per heavy atom. The standard InChI is InChI=1S/C15H17NO5/c1-15(2,3)13(17)10-21-14(18)9-6-11-4-7-12(8-5-11)16(19)20/h4-9H,10H2,1-3H3. The van der Waals surface area contributed by atoms with Gasteiger partial charge < -0.3 is 4.74 Å². The molecular formula is C15H17NO5. The monoisotopic (exact) mass is 291 g/mol. The topological polar surface area (TPSA) is 86.5 Å². The Morgan fingerprint density at radius 1 is 1.24 bits per heavy atom. The summed E-state index contributed by atoms with van der Waals surface area (Å²) >= 11 is 0. The van der Waals surface area contributed by atoms with Gasteiger partial charge in [0.15, 0.2) is 12.4 Å². The fourth-order valence-electron chi connectivity index (χ4n) is 1.27.